The van der Waals surface area contributed by atoms with E-state index in [2.05, 4.69) is 43.2 Å². The van der Waals surface area contributed by atoms with Crippen LogP contribution >= 0.6 is 31.9 Å². The van der Waals surface area contributed by atoms with E-state index in [1.54, 1.807) is 12.1 Å². The normalized spacial score (nSPS) is 10.0. The van der Waals surface area contributed by atoms with E-state index in [0.717, 1.165) is 15.7 Å². The van der Waals surface area contributed by atoms with Gasteiger partial charge in [0.1, 0.15) is 11.9 Å². The lowest BCUT2D eigenvalue weighted by Gasteiger charge is -2.10. The van der Waals surface area contributed by atoms with Crippen molar-refractivity contribution in [2.24, 2.45) is 0 Å². The third-order valence-corrected chi connectivity index (χ3v) is 3.82. The first-order chi connectivity index (χ1) is 9.10. The van der Waals surface area contributed by atoms with E-state index < -0.39 is 0 Å². The third kappa shape index (κ3) is 3.55. The second-order valence-corrected chi connectivity index (χ2v) is 5.66. The molecule has 0 aromatic heterocycles. The molecular formula is C14H9Br2FN2. The molecule has 0 atom stereocenters. The van der Waals surface area contributed by atoms with Gasteiger partial charge in [0.2, 0.25) is 0 Å². The zero-order valence-electron chi connectivity index (χ0n) is 9.75. The Morgan fingerprint density at radius 2 is 1.95 bits per heavy atom. The summed E-state index contributed by atoms with van der Waals surface area (Å²) in [5.74, 6) is -0.282. The zero-order valence-corrected chi connectivity index (χ0v) is 12.9. The summed E-state index contributed by atoms with van der Waals surface area (Å²) < 4.78 is 14.6. The number of hydrogen-bond acceptors (Lipinski definition) is 2. The third-order valence-electron chi connectivity index (χ3n) is 2.59. The van der Waals surface area contributed by atoms with Crippen LogP contribution in [0.5, 0.6) is 0 Å². The number of anilines is 1. The van der Waals surface area contributed by atoms with Crippen molar-refractivity contribution in [2.75, 3.05) is 5.32 Å². The summed E-state index contributed by atoms with van der Waals surface area (Å²) in [7, 11) is 0. The number of halogens is 3. The van der Waals surface area contributed by atoms with Crippen molar-refractivity contribution < 1.29 is 4.39 Å². The molecule has 0 heterocycles. The van der Waals surface area contributed by atoms with E-state index in [4.69, 9.17) is 5.26 Å². The van der Waals surface area contributed by atoms with Crippen LogP contribution in [-0.2, 0) is 6.54 Å². The molecule has 2 aromatic carbocycles. The minimum atomic E-state index is -0.282. The van der Waals surface area contributed by atoms with Crippen LogP contribution < -0.4 is 5.32 Å². The van der Waals surface area contributed by atoms with Crippen molar-refractivity contribution in [3.8, 4) is 6.07 Å². The summed E-state index contributed by atoms with van der Waals surface area (Å²) in [5.41, 5.74) is 2.24. The first-order valence-electron chi connectivity index (χ1n) is 5.47. The Hall–Kier alpha value is -1.38. The maximum Gasteiger partial charge on any atom is 0.124 e. The molecular weight excluding hydrogens is 375 g/mol. The van der Waals surface area contributed by atoms with Crippen LogP contribution in [0.3, 0.4) is 0 Å². The van der Waals surface area contributed by atoms with Gasteiger partial charge in [-0.15, -0.1) is 0 Å². The second-order valence-electron chi connectivity index (χ2n) is 3.89. The first-order valence-corrected chi connectivity index (χ1v) is 7.06. The Bertz CT molecular complexity index is 650. The van der Waals surface area contributed by atoms with Gasteiger partial charge in [-0.05, 0) is 35.9 Å². The van der Waals surface area contributed by atoms with Crippen LogP contribution in [0.4, 0.5) is 10.1 Å². The molecule has 0 fully saturated rings. The van der Waals surface area contributed by atoms with Gasteiger partial charge in [0.05, 0.1) is 11.3 Å². The highest BCUT2D eigenvalue weighted by Crippen LogP contribution is 2.23. The molecule has 5 heteroatoms. The van der Waals surface area contributed by atoms with Gasteiger partial charge in [-0.3, -0.25) is 0 Å². The number of nitrogens with one attached hydrogen (secondary N) is 1. The summed E-state index contributed by atoms with van der Waals surface area (Å²) in [6, 6.07) is 12.1. The van der Waals surface area contributed by atoms with E-state index in [1.807, 2.05) is 12.1 Å². The van der Waals surface area contributed by atoms with Crippen molar-refractivity contribution in [2.45, 2.75) is 6.54 Å². The molecule has 2 nitrogen and oxygen atoms in total. The lowest BCUT2D eigenvalue weighted by molar-refractivity contribution is 0.626. The Kier molecular flexibility index (Phi) is 4.56. The fourth-order valence-electron chi connectivity index (χ4n) is 1.62. The summed E-state index contributed by atoms with van der Waals surface area (Å²) in [6.45, 7) is 0.506. The van der Waals surface area contributed by atoms with Gasteiger partial charge in [0.15, 0.2) is 0 Å². The van der Waals surface area contributed by atoms with Gasteiger partial charge in [-0.1, -0.05) is 37.9 Å². The first kappa shape index (κ1) is 14.0. The highest BCUT2D eigenvalue weighted by molar-refractivity contribution is 9.10. The topological polar surface area (TPSA) is 35.8 Å². The number of hydrogen-bond donors (Lipinski definition) is 1. The number of nitrogens with zero attached hydrogens (tertiary/aromatic N) is 1. The monoisotopic (exact) mass is 382 g/mol. The van der Waals surface area contributed by atoms with Crippen LogP contribution in [0.25, 0.3) is 0 Å². The molecule has 2 rings (SSSR count). The van der Waals surface area contributed by atoms with Crippen molar-refractivity contribution in [3.63, 3.8) is 0 Å². The second kappa shape index (κ2) is 6.18. The van der Waals surface area contributed by atoms with Gasteiger partial charge in [-0.2, -0.15) is 5.26 Å². The van der Waals surface area contributed by atoms with Gasteiger partial charge in [0.25, 0.3) is 0 Å². The molecule has 0 amide bonds. The van der Waals surface area contributed by atoms with Gasteiger partial charge in [0, 0.05) is 15.5 Å². The Morgan fingerprint density at radius 1 is 1.16 bits per heavy atom. The summed E-state index contributed by atoms with van der Waals surface area (Å²) in [4.78, 5) is 0. The summed E-state index contributed by atoms with van der Waals surface area (Å²) in [6.07, 6.45) is 0. The molecule has 19 heavy (non-hydrogen) atoms. The van der Waals surface area contributed by atoms with Crippen molar-refractivity contribution in [1.29, 1.82) is 5.26 Å². The molecule has 0 aliphatic heterocycles. The lowest BCUT2D eigenvalue weighted by Crippen LogP contribution is -2.02. The molecule has 0 aliphatic rings. The molecule has 0 radical (unpaired) electrons. The molecule has 0 saturated heterocycles. The van der Waals surface area contributed by atoms with Gasteiger partial charge < -0.3 is 5.32 Å². The number of nitriles is 1. The molecule has 96 valence electrons. The average Bonchev–Trinajstić information content (AvgIpc) is 2.38. The van der Waals surface area contributed by atoms with Crippen molar-refractivity contribution in [3.05, 3.63) is 62.3 Å². The number of rotatable bonds is 3. The minimum Gasteiger partial charge on any atom is -0.380 e. The van der Waals surface area contributed by atoms with E-state index in [0.29, 0.717) is 16.6 Å². The Morgan fingerprint density at radius 3 is 2.63 bits per heavy atom. The highest BCUT2D eigenvalue weighted by atomic mass is 79.9. The van der Waals surface area contributed by atoms with E-state index in [9.17, 15) is 4.39 Å². The molecule has 2 aromatic rings. The predicted molar refractivity (Wildman–Crippen MR) is 80.3 cm³/mol. The standard InChI is InChI=1S/C14H9Br2FN2/c15-11-3-1-9(7-18)14(5-11)19-8-10-2-4-12(17)6-13(10)16/h1-6,19H,8H2. The van der Waals surface area contributed by atoms with Crippen LogP contribution in [0.2, 0.25) is 0 Å². The number of benzene rings is 2. The lowest BCUT2D eigenvalue weighted by atomic mass is 10.1. The SMILES string of the molecule is N#Cc1ccc(Br)cc1NCc1ccc(F)cc1Br. The molecule has 0 unspecified atom stereocenters. The van der Waals surface area contributed by atoms with E-state index in [-0.39, 0.29) is 5.82 Å². The fourth-order valence-corrected chi connectivity index (χ4v) is 2.47. The quantitative estimate of drug-likeness (QED) is 0.823. The maximum absolute atomic E-state index is 13.0. The largest absolute Gasteiger partial charge is 0.380 e. The average molecular weight is 384 g/mol. The predicted octanol–water partition coefficient (Wildman–Crippen LogP) is 4.83. The Balaban J connectivity index is 2.19. The molecule has 0 saturated carbocycles. The van der Waals surface area contributed by atoms with Crippen molar-refractivity contribution >= 4 is 37.5 Å². The van der Waals surface area contributed by atoms with E-state index >= 15 is 0 Å². The fraction of sp³-hybridized carbons (Fsp3) is 0.0714. The van der Waals surface area contributed by atoms with Crippen LogP contribution in [-0.4, -0.2) is 0 Å². The summed E-state index contributed by atoms with van der Waals surface area (Å²) in [5, 5.41) is 12.2. The summed E-state index contributed by atoms with van der Waals surface area (Å²) >= 11 is 6.68. The van der Waals surface area contributed by atoms with Crippen molar-refractivity contribution in [1.82, 2.24) is 0 Å². The maximum atomic E-state index is 13.0. The molecule has 0 bridgehead atoms. The Labute approximate surface area is 127 Å². The van der Waals surface area contributed by atoms with Gasteiger partial charge >= 0.3 is 0 Å². The molecule has 1 N–H and O–H groups in total. The van der Waals surface area contributed by atoms with Crippen LogP contribution in [0, 0.1) is 17.1 Å². The zero-order chi connectivity index (χ0) is 13.8. The minimum absolute atomic E-state index is 0.282. The van der Waals surface area contributed by atoms with Gasteiger partial charge in [-0.25, -0.2) is 4.39 Å². The van der Waals surface area contributed by atoms with Crippen LogP contribution in [0.1, 0.15) is 11.1 Å². The molecule has 0 spiro atoms. The van der Waals surface area contributed by atoms with E-state index in [1.165, 1.54) is 12.1 Å². The van der Waals surface area contributed by atoms with Crippen LogP contribution in [0.15, 0.2) is 45.3 Å². The molecule has 0 aliphatic carbocycles. The smallest absolute Gasteiger partial charge is 0.124 e. The highest BCUT2D eigenvalue weighted by Gasteiger charge is 2.05.